The van der Waals surface area contributed by atoms with Crippen LogP contribution in [0.5, 0.6) is 0 Å². The van der Waals surface area contributed by atoms with E-state index in [2.05, 4.69) is 67.1 Å². The van der Waals surface area contributed by atoms with Gasteiger partial charge in [0, 0.05) is 17.9 Å². The van der Waals surface area contributed by atoms with Gasteiger partial charge in [0.1, 0.15) is 5.82 Å². The standard InChI is InChI=1S/C17H17N7S/c1-9(12-8-25-13-6-4-3-5-10(12)13)21-17-20-7-11-14(18)22-16(19-2)23-15(11)24-17/h3-9H,1-2H3,(H4,18,19,20,21,22,23,24). The Bertz CT molecular complexity index is 1060. The van der Waals surface area contributed by atoms with Gasteiger partial charge in [-0.15, -0.1) is 11.3 Å². The van der Waals surface area contributed by atoms with Crippen molar-refractivity contribution in [2.75, 3.05) is 23.4 Å². The van der Waals surface area contributed by atoms with Gasteiger partial charge in [0.25, 0.3) is 0 Å². The molecule has 7 nitrogen and oxygen atoms in total. The molecule has 4 rings (SSSR count). The van der Waals surface area contributed by atoms with Crippen LogP contribution in [0.15, 0.2) is 35.8 Å². The van der Waals surface area contributed by atoms with E-state index in [0.29, 0.717) is 28.7 Å². The Hall–Kier alpha value is -3.00. The first-order valence-corrected chi connectivity index (χ1v) is 8.74. The van der Waals surface area contributed by atoms with Crippen molar-refractivity contribution in [1.82, 2.24) is 19.9 Å². The van der Waals surface area contributed by atoms with Gasteiger partial charge in [0.15, 0.2) is 5.65 Å². The maximum atomic E-state index is 5.93. The normalized spacial score (nSPS) is 12.4. The second-order valence-electron chi connectivity index (χ2n) is 5.67. The van der Waals surface area contributed by atoms with E-state index in [1.54, 1.807) is 24.6 Å². The third-order valence-corrected chi connectivity index (χ3v) is 5.01. The van der Waals surface area contributed by atoms with Crippen molar-refractivity contribution in [1.29, 1.82) is 0 Å². The molecule has 8 heteroatoms. The summed E-state index contributed by atoms with van der Waals surface area (Å²) in [4.78, 5) is 17.3. The van der Waals surface area contributed by atoms with Crippen molar-refractivity contribution in [3.63, 3.8) is 0 Å². The smallest absolute Gasteiger partial charge is 0.226 e. The summed E-state index contributed by atoms with van der Waals surface area (Å²) in [6, 6.07) is 8.43. The van der Waals surface area contributed by atoms with Crippen molar-refractivity contribution in [3.8, 4) is 0 Å². The van der Waals surface area contributed by atoms with Gasteiger partial charge in [-0.1, -0.05) is 18.2 Å². The van der Waals surface area contributed by atoms with Crippen LogP contribution in [0.25, 0.3) is 21.1 Å². The molecule has 4 aromatic rings. The molecule has 0 spiro atoms. The van der Waals surface area contributed by atoms with Crippen molar-refractivity contribution < 1.29 is 0 Å². The zero-order chi connectivity index (χ0) is 17.4. The summed E-state index contributed by atoms with van der Waals surface area (Å²) in [6.07, 6.45) is 1.65. The number of nitrogens with one attached hydrogen (secondary N) is 2. The Morgan fingerprint density at radius 3 is 2.72 bits per heavy atom. The highest BCUT2D eigenvalue weighted by Gasteiger charge is 2.14. The van der Waals surface area contributed by atoms with Crippen LogP contribution in [0, 0.1) is 0 Å². The number of fused-ring (bicyclic) bond motifs is 2. The second kappa shape index (κ2) is 6.14. The third-order valence-electron chi connectivity index (χ3n) is 4.03. The van der Waals surface area contributed by atoms with Gasteiger partial charge in [-0.2, -0.15) is 15.0 Å². The topological polar surface area (TPSA) is 102 Å². The Morgan fingerprint density at radius 1 is 1.08 bits per heavy atom. The molecule has 0 saturated heterocycles. The van der Waals surface area contributed by atoms with Crippen LogP contribution in [-0.2, 0) is 0 Å². The van der Waals surface area contributed by atoms with Crippen LogP contribution in [-0.4, -0.2) is 27.0 Å². The predicted octanol–water partition coefficient (Wildman–Crippen LogP) is 3.43. The molecule has 0 radical (unpaired) electrons. The Morgan fingerprint density at radius 2 is 1.88 bits per heavy atom. The average Bonchev–Trinajstić information content (AvgIpc) is 3.05. The molecule has 3 aromatic heterocycles. The fourth-order valence-electron chi connectivity index (χ4n) is 2.72. The quantitative estimate of drug-likeness (QED) is 0.518. The van der Waals surface area contributed by atoms with Crippen molar-refractivity contribution >= 4 is 50.2 Å². The monoisotopic (exact) mass is 351 g/mol. The third kappa shape index (κ3) is 2.80. The first-order valence-electron chi connectivity index (χ1n) is 7.86. The number of nitrogens with two attached hydrogens (primary N) is 1. The maximum Gasteiger partial charge on any atom is 0.226 e. The molecular weight excluding hydrogens is 334 g/mol. The van der Waals surface area contributed by atoms with Crippen LogP contribution in [0.4, 0.5) is 17.7 Å². The minimum Gasteiger partial charge on any atom is -0.383 e. The molecule has 0 saturated carbocycles. The number of nitrogens with zero attached hydrogens (tertiary/aromatic N) is 4. The molecule has 0 aliphatic rings. The molecule has 0 aliphatic carbocycles. The van der Waals surface area contributed by atoms with Gasteiger partial charge >= 0.3 is 0 Å². The second-order valence-corrected chi connectivity index (χ2v) is 6.58. The summed E-state index contributed by atoms with van der Waals surface area (Å²) >= 11 is 1.74. The lowest BCUT2D eigenvalue weighted by Crippen LogP contribution is -2.10. The van der Waals surface area contributed by atoms with Gasteiger partial charge in [0.2, 0.25) is 11.9 Å². The molecule has 25 heavy (non-hydrogen) atoms. The van der Waals surface area contributed by atoms with E-state index >= 15 is 0 Å². The van der Waals surface area contributed by atoms with Gasteiger partial charge in [-0.3, -0.25) is 0 Å². The number of aromatic nitrogens is 4. The SMILES string of the molecule is CNc1nc(N)c2cnc(NC(C)c3csc4ccccc34)nc2n1. The fraction of sp³-hybridized carbons (Fsp3) is 0.176. The van der Waals surface area contributed by atoms with Gasteiger partial charge in [-0.05, 0) is 29.3 Å². The largest absolute Gasteiger partial charge is 0.383 e. The molecule has 0 fully saturated rings. The highest BCUT2D eigenvalue weighted by atomic mass is 32.1. The fourth-order valence-corrected chi connectivity index (χ4v) is 3.78. The summed E-state index contributed by atoms with van der Waals surface area (Å²) in [6.45, 7) is 2.09. The van der Waals surface area contributed by atoms with E-state index < -0.39 is 0 Å². The number of thiophene rings is 1. The van der Waals surface area contributed by atoms with E-state index in [0.717, 1.165) is 0 Å². The van der Waals surface area contributed by atoms with Gasteiger partial charge in [-0.25, -0.2) is 4.98 Å². The van der Waals surface area contributed by atoms with Crippen molar-refractivity contribution in [3.05, 3.63) is 41.4 Å². The lowest BCUT2D eigenvalue weighted by Gasteiger charge is -2.14. The Labute approximate surface area is 148 Å². The number of rotatable bonds is 4. The van der Waals surface area contributed by atoms with E-state index in [1.807, 2.05) is 0 Å². The average molecular weight is 351 g/mol. The zero-order valence-electron chi connectivity index (χ0n) is 13.8. The Kier molecular flexibility index (Phi) is 3.81. The lowest BCUT2D eigenvalue weighted by molar-refractivity contribution is 0.874. The molecular formula is C17H17N7S. The van der Waals surface area contributed by atoms with E-state index in [4.69, 9.17) is 5.73 Å². The molecule has 0 amide bonds. The van der Waals surface area contributed by atoms with Crippen LogP contribution in [0.3, 0.4) is 0 Å². The molecule has 4 N–H and O–H groups in total. The first kappa shape index (κ1) is 15.5. The van der Waals surface area contributed by atoms with Gasteiger partial charge < -0.3 is 16.4 Å². The molecule has 1 unspecified atom stereocenters. The summed E-state index contributed by atoms with van der Waals surface area (Å²) < 4.78 is 1.27. The van der Waals surface area contributed by atoms with E-state index in [9.17, 15) is 0 Å². The van der Waals surface area contributed by atoms with E-state index in [1.165, 1.54) is 15.6 Å². The molecule has 3 heterocycles. The molecule has 126 valence electrons. The van der Waals surface area contributed by atoms with Crippen LogP contribution in [0.2, 0.25) is 0 Å². The summed E-state index contributed by atoms with van der Waals surface area (Å²) in [5, 5.41) is 10.3. The van der Waals surface area contributed by atoms with Crippen LogP contribution in [0.1, 0.15) is 18.5 Å². The predicted molar refractivity (Wildman–Crippen MR) is 103 cm³/mol. The minimum atomic E-state index is 0.0663. The number of benzene rings is 1. The highest BCUT2D eigenvalue weighted by molar-refractivity contribution is 7.17. The lowest BCUT2D eigenvalue weighted by atomic mass is 10.1. The number of hydrogen-bond donors (Lipinski definition) is 3. The molecule has 1 aromatic carbocycles. The first-order chi connectivity index (χ1) is 12.2. The number of hydrogen-bond acceptors (Lipinski definition) is 8. The minimum absolute atomic E-state index is 0.0663. The molecule has 0 bridgehead atoms. The summed E-state index contributed by atoms with van der Waals surface area (Å²) in [5.41, 5.74) is 7.67. The summed E-state index contributed by atoms with van der Waals surface area (Å²) in [7, 11) is 1.74. The zero-order valence-corrected chi connectivity index (χ0v) is 14.6. The summed E-state index contributed by atoms with van der Waals surface area (Å²) in [5.74, 6) is 1.31. The highest BCUT2D eigenvalue weighted by Crippen LogP contribution is 2.31. The maximum absolute atomic E-state index is 5.93. The van der Waals surface area contributed by atoms with Gasteiger partial charge in [0.05, 0.1) is 11.4 Å². The van der Waals surface area contributed by atoms with E-state index in [-0.39, 0.29) is 6.04 Å². The Balaban J connectivity index is 1.68. The number of anilines is 3. The molecule has 1 atom stereocenters. The number of nitrogen functional groups attached to an aromatic ring is 1. The van der Waals surface area contributed by atoms with Crippen molar-refractivity contribution in [2.24, 2.45) is 0 Å². The van der Waals surface area contributed by atoms with Crippen molar-refractivity contribution in [2.45, 2.75) is 13.0 Å². The molecule has 0 aliphatic heterocycles. The van der Waals surface area contributed by atoms with Crippen LogP contribution >= 0.6 is 11.3 Å². The van der Waals surface area contributed by atoms with Crippen LogP contribution < -0.4 is 16.4 Å².